The van der Waals surface area contributed by atoms with Crippen LogP contribution in [0.25, 0.3) is 21.9 Å². The molecule has 1 N–H and O–H groups in total. The third kappa shape index (κ3) is 5.72. The number of halogens is 1. The van der Waals surface area contributed by atoms with Crippen LogP contribution in [0.15, 0.2) is 71.1 Å². The molecule has 0 spiro atoms. The first-order valence-electron chi connectivity index (χ1n) is 12.0. The Morgan fingerprint density at radius 1 is 0.914 bits per heavy atom. The molecule has 4 aromatic rings. The van der Waals surface area contributed by atoms with Crippen LogP contribution >= 0.6 is 12.4 Å². The van der Waals surface area contributed by atoms with E-state index in [1.165, 1.54) is 5.69 Å². The number of methoxy groups -OCH3 is 1. The number of nitrogens with zero attached hydrogens (tertiary/aromatic N) is 2. The quantitative estimate of drug-likeness (QED) is 0.335. The molecular weight excluding hydrogens is 462 g/mol. The van der Waals surface area contributed by atoms with Gasteiger partial charge in [0.1, 0.15) is 16.9 Å². The van der Waals surface area contributed by atoms with Gasteiger partial charge in [0.05, 0.1) is 7.11 Å². The van der Waals surface area contributed by atoms with Crippen molar-refractivity contribution in [1.82, 2.24) is 10.2 Å². The lowest BCUT2D eigenvalue weighted by Crippen LogP contribution is -2.46. The van der Waals surface area contributed by atoms with E-state index in [0.717, 1.165) is 73.3 Å². The SMILES string of the molecule is COc1cccc(N2CCN(CCCCNC(=O)c3ccc4oc5ccccc5c4c3)CC2)c1.Cl. The summed E-state index contributed by atoms with van der Waals surface area (Å²) in [5.41, 5.74) is 3.56. The molecule has 0 radical (unpaired) electrons. The molecule has 6 nitrogen and oxygen atoms in total. The van der Waals surface area contributed by atoms with Gasteiger partial charge in [-0.1, -0.05) is 24.3 Å². The maximum atomic E-state index is 12.7. The number of fused-ring (bicyclic) bond motifs is 3. The van der Waals surface area contributed by atoms with Crippen molar-refractivity contribution in [2.75, 3.05) is 51.3 Å². The van der Waals surface area contributed by atoms with Gasteiger partial charge in [-0.2, -0.15) is 0 Å². The minimum atomic E-state index is -0.0286. The standard InChI is InChI=1S/C28H31N3O3.ClH/c1-33-23-8-6-7-22(20-23)31-17-15-30(16-18-31)14-5-4-13-29-28(32)21-11-12-27-25(19-21)24-9-2-3-10-26(24)34-27;/h2-3,6-12,19-20H,4-5,13-18H2,1H3,(H,29,32);1H. The van der Waals surface area contributed by atoms with Crippen molar-refractivity contribution in [1.29, 1.82) is 0 Å². The molecule has 1 aromatic heterocycles. The molecule has 7 heteroatoms. The van der Waals surface area contributed by atoms with Gasteiger partial charge in [0.15, 0.2) is 0 Å². The van der Waals surface area contributed by atoms with Gasteiger partial charge >= 0.3 is 0 Å². The molecule has 35 heavy (non-hydrogen) atoms. The normalized spacial score (nSPS) is 14.1. The smallest absolute Gasteiger partial charge is 0.251 e. The Hall–Kier alpha value is -3.22. The first kappa shape index (κ1) is 24.9. The molecular formula is C28H32ClN3O3. The van der Waals surface area contributed by atoms with Crippen LogP contribution in [0.2, 0.25) is 0 Å². The summed E-state index contributed by atoms with van der Waals surface area (Å²) < 4.78 is 11.2. The van der Waals surface area contributed by atoms with E-state index in [4.69, 9.17) is 9.15 Å². The summed E-state index contributed by atoms with van der Waals surface area (Å²) in [6.45, 7) is 5.91. The fourth-order valence-electron chi connectivity index (χ4n) is 4.67. The van der Waals surface area contributed by atoms with E-state index in [2.05, 4.69) is 27.2 Å². The van der Waals surface area contributed by atoms with Crippen molar-refractivity contribution in [2.24, 2.45) is 0 Å². The molecule has 1 aliphatic heterocycles. The van der Waals surface area contributed by atoms with Crippen LogP contribution in [0.4, 0.5) is 5.69 Å². The number of rotatable bonds is 8. The number of ether oxygens (including phenoxy) is 1. The van der Waals surface area contributed by atoms with Crippen LogP contribution in [-0.4, -0.2) is 57.2 Å². The number of hydrogen-bond donors (Lipinski definition) is 1. The lowest BCUT2D eigenvalue weighted by atomic mass is 10.1. The van der Waals surface area contributed by atoms with E-state index in [1.54, 1.807) is 7.11 Å². The summed E-state index contributed by atoms with van der Waals surface area (Å²) in [5.74, 6) is 0.874. The molecule has 0 bridgehead atoms. The van der Waals surface area contributed by atoms with Gasteiger partial charge in [-0.05, 0) is 55.8 Å². The molecule has 184 valence electrons. The Labute approximate surface area is 212 Å². The zero-order valence-electron chi connectivity index (χ0n) is 20.0. The number of hydrogen-bond acceptors (Lipinski definition) is 5. The van der Waals surface area contributed by atoms with Crippen LogP contribution in [0.5, 0.6) is 5.75 Å². The molecule has 1 saturated heterocycles. The number of piperazine rings is 1. The highest BCUT2D eigenvalue weighted by Gasteiger charge is 2.17. The van der Waals surface area contributed by atoms with Crippen molar-refractivity contribution in [3.63, 3.8) is 0 Å². The lowest BCUT2D eigenvalue weighted by Gasteiger charge is -2.36. The topological polar surface area (TPSA) is 58.0 Å². The highest BCUT2D eigenvalue weighted by molar-refractivity contribution is 6.08. The Morgan fingerprint density at radius 2 is 1.71 bits per heavy atom. The van der Waals surface area contributed by atoms with Gasteiger partial charge in [0, 0.05) is 60.8 Å². The van der Waals surface area contributed by atoms with E-state index < -0.39 is 0 Å². The van der Waals surface area contributed by atoms with Gasteiger partial charge in [-0.15, -0.1) is 12.4 Å². The van der Waals surface area contributed by atoms with Crippen molar-refractivity contribution >= 4 is 45.9 Å². The van der Waals surface area contributed by atoms with Crippen LogP contribution < -0.4 is 15.0 Å². The third-order valence-corrected chi connectivity index (χ3v) is 6.62. The van der Waals surface area contributed by atoms with E-state index in [0.29, 0.717) is 12.1 Å². The third-order valence-electron chi connectivity index (χ3n) is 6.62. The number of benzene rings is 3. The molecule has 0 saturated carbocycles. The molecule has 1 amide bonds. The zero-order valence-corrected chi connectivity index (χ0v) is 20.9. The highest BCUT2D eigenvalue weighted by Crippen LogP contribution is 2.29. The molecule has 5 rings (SSSR count). The van der Waals surface area contributed by atoms with Crippen molar-refractivity contribution < 1.29 is 13.9 Å². The Balaban J connectivity index is 0.00000289. The van der Waals surface area contributed by atoms with Gasteiger partial charge < -0.3 is 19.4 Å². The first-order chi connectivity index (χ1) is 16.7. The number of para-hydroxylation sites is 1. The maximum Gasteiger partial charge on any atom is 0.251 e. The predicted octanol–water partition coefficient (Wildman–Crippen LogP) is 5.35. The summed E-state index contributed by atoms with van der Waals surface area (Å²) in [6.07, 6.45) is 2.05. The average molecular weight is 494 g/mol. The van der Waals surface area contributed by atoms with Gasteiger partial charge in [-0.25, -0.2) is 0 Å². The fourth-order valence-corrected chi connectivity index (χ4v) is 4.67. The first-order valence-corrected chi connectivity index (χ1v) is 12.0. The van der Waals surface area contributed by atoms with E-state index >= 15 is 0 Å². The van der Waals surface area contributed by atoms with Gasteiger partial charge in [-0.3, -0.25) is 9.69 Å². The second-order valence-corrected chi connectivity index (χ2v) is 8.80. The van der Waals surface area contributed by atoms with Gasteiger partial charge in [0.25, 0.3) is 5.91 Å². The Bertz CT molecular complexity index is 1280. The summed E-state index contributed by atoms with van der Waals surface area (Å²) in [7, 11) is 1.71. The monoisotopic (exact) mass is 493 g/mol. The number of carbonyl (C=O) groups is 1. The van der Waals surface area contributed by atoms with E-state index in [9.17, 15) is 4.79 Å². The molecule has 0 aliphatic carbocycles. The summed E-state index contributed by atoms with van der Waals surface area (Å²) in [4.78, 5) is 17.6. The number of carbonyl (C=O) groups excluding carboxylic acids is 1. The fraction of sp³-hybridized carbons (Fsp3) is 0.321. The summed E-state index contributed by atoms with van der Waals surface area (Å²) in [6, 6.07) is 21.9. The summed E-state index contributed by atoms with van der Waals surface area (Å²) in [5, 5.41) is 5.10. The van der Waals surface area contributed by atoms with E-state index in [-0.39, 0.29) is 18.3 Å². The minimum absolute atomic E-state index is 0. The predicted molar refractivity (Wildman–Crippen MR) is 144 cm³/mol. The highest BCUT2D eigenvalue weighted by atomic mass is 35.5. The van der Waals surface area contributed by atoms with Crippen LogP contribution in [0.3, 0.4) is 0 Å². The molecule has 3 aromatic carbocycles. The minimum Gasteiger partial charge on any atom is -0.497 e. The maximum absolute atomic E-state index is 12.7. The zero-order chi connectivity index (χ0) is 23.3. The molecule has 2 heterocycles. The Kier molecular flexibility index (Phi) is 8.16. The summed E-state index contributed by atoms with van der Waals surface area (Å²) >= 11 is 0. The van der Waals surface area contributed by atoms with Crippen LogP contribution in [-0.2, 0) is 0 Å². The molecule has 1 fully saturated rings. The number of nitrogens with one attached hydrogen (secondary N) is 1. The number of unbranched alkanes of at least 4 members (excludes halogenated alkanes) is 1. The molecule has 0 atom stereocenters. The number of amides is 1. The second kappa shape index (κ2) is 11.5. The van der Waals surface area contributed by atoms with Gasteiger partial charge in [0.2, 0.25) is 0 Å². The Morgan fingerprint density at radius 3 is 2.54 bits per heavy atom. The largest absolute Gasteiger partial charge is 0.497 e. The van der Waals surface area contributed by atoms with Crippen LogP contribution in [0, 0.1) is 0 Å². The second-order valence-electron chi connectivity index (χ2n) is 8.80. The lowest BCUT2D eigenvalue weighted by molar-refractivity contribution is 0.0952. The van der Waals surface area contributed by atoms with Crippen LogP contribution in [0.1, 0.15) is 23.2 Å². The number of furan rings is 1. The van der Waals surface area contributed by atoms with Crippen molar-refractivity contribution in [2.45, 2.75) is 12.8 Å². The number of anilines is 1. The molecule has 1 aliphatic rings. The van der Waals surface area contributed by atoms with Crippen molar-refractivity contribution in [3.05, 3.63) is 72.3 Å². The van der Waals surface area contributed by atoms with E-state index in [1.807, 2.05) is 54.6 Å². The van der Waals surface area contributed by atoms with Crippen molar-refractivity contribution in [3.8, 4) is 5.75 Å². The average Bonchev–Trinajstić information content (AvgIpc) is 3.27. The molecule has 0 unspecified atom stereocenters.